The van der Waals surface area contributed by atoms with E-state index in [0.29, 0.717) is 5.56 Å². The Bertz CT molecular complexity index is 634. The van der Waals surface area contributed by atoms with Crippen LogP contribution in [-0.2, 0) is 23.9 Å². The topological polar surface area (TPSA) is 69.7 Å². The Morgan fingerprint density at radius 2 is 1.73 bits per heavy atom. The van der Waals surface area contributed by atoms with Gasteiger partial charge in [-0.15, -0.1) is 0 Å². The van der Waals surface area contributed by atoms with Crippen LogP contribution in [0.25, 0.3) is 0 Å². The van der Waals surface area contributed by atoms with Crippen molar-refractivity contribution < 1.29 is 23.9 Å². The largest absolute Gasteiger partial charge is 0.468 e. The number of ether oxygens (including phenoxy) is 2. The number of rotatable bonds is 2. The van der Waals surface area contributed by atoms with E-state index in [9.17, 15) is 14.4 Å². The van der Waals surface area contributed by atoms with E-state index in [1.54, 1.807) is 38.1 Å². The molecule has 1 heterocycles. The first-order valence-corrected chi connectivity index (χ1v) is 7.55. The average Bonchev–Trinajstić information content (AvgIpc) is 2.49. The predicted octanol–water partition coefficient (Wildman–Crippen LogP) is 2.82. The molecule has 22 heavy (non-hydrogen) atoms. The highest BCUT2D eigenvalue weighted by Crippen LogP contribution is 2.48. The fourth-order valence-corrected chi connectivity index (χ4v) is 3.00. The molecule has 1 saturated heterocycles. The molecule has 0 aliphatic carbocycles. The Hall–Kier alpha value is -1.69. The van der Waals surface area contributed by atoms with Crippen LogP contribution in [-0.4, -0.2) is 24.8 Å². The zero-order valence-electron chi connectivity index (χ0n) is 12.8. The number of ketones is 1. The Labute approximate surface area is 137 Å². The molecule has 2 rings (SSSR count). The molecule has 0 unspecified atom stereocenters. The first kappa shape index (κ1) is 16.7. The van der Waals surface area contributed by atoms with E-state index in [1.165, 1.54) is 6.92 Å². The molecule has 0 N–H and O–H groups in total. The minimum absolute atomic E-state index is 0.504. The molecule has 1 aliphatic rings. The van der Waals surface area contributed by atoms with Gasteiger partial charge in [0.15, 0.2) is 5.78 Å². The molecular weight excluding hydrogens is 352 g/mol. The van der Waals surface area contributed by atoms with Crippen molar-refractivity contribution in [3.63, 3.8) is 0 Å². The molecule has 5 nitrogen and oxygen atoms in total. The Morgan fingerprint density at radius 3 is 2.23 bits per heavy atom. The summed E-state index contributed by atoms with van der Waals surface area (Å²) in [4.78, 5) is 37.1. The van der Waals surface area contributed by atoms with Gasteiger partial charge in [-0.3, -0.25) is 14.4 Å². The van der Waals surface area contributed by atoms with Crippen LogP contribution in [0.1, 0.15) is 32.4 Å². The summed E-state index contributed by atoms with van der Waals surface area (Å²) >= 11 is 3.33. The van der Waals surface area contributed by atoms with Crippen LogP contribution in [0.4, 0.5) is 0 Å². The number of methoxy groups -OCH3 is 1. The molecule has 0 saturated carbocycles. The van der Waals surface area contributed by atoms with Gasteiger partial charge in [0, 0.05) is 4.47 Å². The Balaban J connectivity index is 2.48. The fourth-order valence-electron chi connectivity index (χ4n) is 2.73. The SMILES string of the molecule is COC(=O)[C@]1(C)C(=O)O[C@@H](c2ccc(Br)cc2)C(C)(C)C1=O. The minimum atomic E-state index is -1.93. The van der Waals surface area contributed by atoms with Crippen LogP contribution in [0.15, 0.2) is 28.7 Å². The smallest absolute Gasteiger partial charge is 0.331 e. The third-order valence-electron chi connectivity index (χ3n) is 4.09. The summed E-state index contributed by atoms with van der Waals surface area (Å²) in [5, 5.41) is 0. The summed E-state index contributed by atoms with van der Waals surface area (Å²) in [6.07, 6.45) is -0.752. The lowest BCUT2D eigenvalue weighted by Crippen LogP contribution is -2.57. The van der Waals surface area contributed by atoms with Gasteiger partial charge >= 0.3 is 11.9 Å². The van der Waals surface area contributed by atoms with Gasteiger partial charge in [-0.2, -0.15) is 0 Å². The maximum Gasteiger partial charge on any atom is 0.331 e. The van der Waals surface area contributed by atoms with Crippen LogP contribution in [0.2, 0.25) is 0 Å². The Morgan fingerprint density at radius 1 is 1.18 bits per heavy atom. The quantitative estimate of drug-likeness (QED) is 0.592. The molecular formula is C16H17BrO5. The number of carbonyl (C=O) groups excluding carboxylic acids is 3. The highest BCUT2D eigenvalue weighted by atomic mass is 79.9. The van der Waals surface area contributed by atoms with Gasteiger partial charge in [-0.25, -0.2) is 0 Å². The molecule has 1 aromatic rings. The molecule has 2 atom stereocenters. The first-order valence-electron chi connectivity index (χ1n) is 6.75. The monoisotopic (exact) mass is 368 g/mol. The molecule has 0 bridgehead atoms. The summed E-state index contributed by atoms with van der Waals surface area (Å²) in [6.45, 7) is 4.58. The molecule has 118 valence electrons. The minimum Gasteiger partial charge on any atom is -0.468 e. The van der Waals surface area contributed by atoms with Gasteiger partial charge in [0.1, 0.15) is 6.10 Å². The van der Waals surface area contributed by atoms with Crippen molar-refractivity contribution in [3.8, 4) is 0 Å². The second-order valence-electron chi connectivity index (χ2n) is 6.00. The maximum absolute atomic E-state index is 12.8. The van der Waals surface area contributed by atoms with E-state index in [-0.39, 0.29) is 0 Å². The zero-order chi connectivity index (χ0) is 16.7. The molecule has 0 spiro atoms. The average molecular weight is 369 g/mol. The van der Waals surface area contributed by atoms with Crippen LogP contribution >= 0.6 is 15.9 Å². The van der Waals surface area contributed by atoms with Crippen LogP contribution in [0, 0.1) is 10.8 Å². The molecule has 1 fully saturated rings. The number of hydrogen-bond donors (Lipinski definition) is 0. The number of Topliss-reactive ketones (excluding diaryl/α,β-unsaturated/α-hetero) is 1. The molecule has 6 heteroatoms. The highest BCUT2D eigenvalue weighted by molar-refractivity contribution is 9.10. The summed E-state index contributed by atoms with van der Waals surface area (Å²) in [5.74, 6) is -2.28. The number of cyclic esters (lactones) is 1. The Kier molecular flexibility index (Phi) is 4.17. The lowest BCUT2D eigenvalue weighted by molar-refractivity contribution is -0.194. The third-order valence-corrected chi connectivity index (χ3v) is 4.62. The summed E-state index contributed by atoms with van der Waals surface area (Å²) in [5.41, 5.74) is -2.28. The lowest BCUT2D eigenvalue weighted by Gasteiger charge is -2.43. The highest BCUT2D eigenvalue weighted by Gasteiger charge is 2.62. The summed E-state index contributed by atoms with van der Waals surface area (Å²) in [7, 11) is 1.14. The molecule has 1 aromatic carbocycles. The normalized spacial score (nSPS) is 27.2. The number of carbonyl (C=O) groups is 3. The lowest BCUT2D eigenvalue weighted by atomic mass is 9.66. The summed E-state index contributed by atoms with van der Waals surface area (Å²) < 4.78 is 11.0. The van der Waals surface area contributed by atoms with Gasteiger partial charge < -0.3 is 9.47 Å². The van der Waals surface area contributed by atoms with Crippen molar-refractivity contribution in [2.45, 2.75) is 26.9 Å². The van der Waals surface area contributed by atoms with Crippen molar-refractivity contribution in [1.82, 2.24) is 0 Å². The van der Waals surface area contributed by atoms with Gasteiger partial charge in [0.05, 0.1) is 12.5 Å². The van der Waals surface area contributed by atoms with E-state index in [4.69, 9.17) is 4.74 Å². The van der Waals surface area contributed by atoms with E-state index in [1.807, 2.05) is 0 Å². The zero-order valence-corrected chi connectivity index (χ0v) is 14.4. The third kappa shape index (κ3) is 2.35. The van der Waals surface area contributed by atoms with Gasteiger partial charge in [0.25, 0.3) is 0 Å². The second kappa shape index (κ2) is 5.50. The number of hydrogen-bond acceptors (Lipinski definition) is 5. The van der Waals surface area contributed by atoms with Crippen molar-refractivity contribution in [2.24, 2.45) is 10.8 Å². The maximum atomic E-state index is 12.8. The van der Waals surface area contributed by atoms with Crippen LogP contribution in [0.3, 0.4) is 0 Å². The number of halogens is 1. The van der Waals surface area contributed by atoms with Crippen molar-refractivity contribution in [2.75, 3.05) is 7.11 Å². The standard InChI is InChI=1S/C16H17BrO5/c1-15(2)11(9-5-7-10(17)8-6-9)22-14(20)16(3,12(15)18)13(19)21-4/h5-8,11H,1-4H3/t11-,16+/m0/s1. The van der Waals surface area contributed by atoms with Crippen molar-refractivity contribution in [3.05, 3.63) is 34.3 Å². The number of benzene rings is 1. The second-order valence-corrected chi connectivity index (χ2v) is 6.92. The molecule has 1 aliphatic heterocycles. The first-order chi connectivity index (χ1) is 10.2. The van der Waals surface area contributed by atoms with E-state index < -0.39 is 34.7 Å². The molecule has 0 radical (unpaired) electrons. The van der Waals surface area contributed by atoms with Gasteiger partial charge in [0.2, 0.25) is 5.41 Å². The van der Waals surface area contributed by atoms with Crippen LogP contribution in [0.5, 0.6) is 0 Å². The van der Waals surface area contributed by atoms with Crippen molar-refractivity contribution in [1.29, 1.82) is 0 Å². The van der Waals surface area contributed by atoms with E-state index >= 15 is 0 Å². The van der Waals surface area contributed by atoms with E-state index in [0.717, 1.165) is 11.6 Å². The number of esters is 2. The predicted molar refractivity (Wildman–Crippen MR) is 81.9 cm³/mol. The molecule has 0 aromatic heterocycles. The van der Waals surface area contributed by atoms with Crippen LogP contribution < -0.4 is 0 Å². The van der Waals surface area contributed by atoms with Crippen molar-refractivity contribution >= 4 is 33.7 Å². The molecule has 0 amide bonds. The fraction of sp³-hybridized carbons (Fsp3) is 0.438. The summed E-state index contributed by atoms with van der Waals surface area (Å²) in [6, 6.07) is 7.16. The van der Waals surface area contributed by atoms with E-state index in [2.05, 4.69) is 20.7 Å². The van der Waals surface area contributed by atoms with Gasteiger partial charge in [-0.05, 0) is 38.5 Å². The van der Waals surface area contributed by atoms with Gasteiger partial charge in [-0.1, -0.05) is 28.1 Å².